The van der Waals surface area contributed by atoms with Crippen LogP contribution in [-0.4, -0.2) is 30.0 Å². The molecule has 0 spiro atoms. The second kappa shape index (κ2) is 8.39. The van der Waals surface area contributed by atoms with Crippen LogP contribution in [0.15, 0.2) is 60.7 Å². The molecule has 1 amide bonds. The maximum atomic E-state index is 12.7. The molecule has 0 radical (unpaired) electrons. The Morgan fingerprint density at radius 2 is 1.83 bits per heavy atom. The molecule has 0 atom stereocenters. The molecular formula is C21H19N3O5. The average molecular weight is 393 g/mol. The zero-order valence-electron chi connectivity index (χ0n) is 15.7. The van der Waals surface area contributed by atoms with E-state index in [-0.39, 0.29) is 11.3 Å². The Morgan fingerprint density at radius 3 is 2.55 bits per heavy atom. The Hall–Kier alpha value is -3.94. The predicted molar refractivity (Wildman–Crippen MR) is 110 cm³/mol. The molecule has 8 nitrogen and oxygen atoms in total. The SMILES string of the molecule is CCN(C(=O)COC(=O)c1ccc(N)c([N+](=O)[O-])c1)c1cccc2ccccc12. The van der Waals surface area contributed by atoms with Crippen LogP contribution < -0.4 is 10.6 Å². The fourth-order valence-corrected chi connectivity index (χ4v) is 3.04. The molecular weight excluding hydrogens is 374 g/mol. The molecule has 0 bridgehead atoms. The van der Waals surface area contributed by atoms with Crippen molar-refractivity contribution in [2.24, 2.45) is 0 Å². The lowest BCUT2D eigenvalue weighted by Crippen LogP contribution is -2.34. The van der Waals surface area contributed by atoms with Crippen molar-refractivity contribution in [1.82, 2.24) is 0 Å². The Kier molecular flexibility index (Phi) is 5.73. The Morgan fingerprint density at radius 1 is 1.10 bits per heavy atom. The van der Waals surface area contributed by atoms with E-state index >= 15 is 0 Å². The third-order valence-electron chi connectivity index (χ3n) is 4.46. The standard InChI is InChI=1S/C21H19N3O5/c1-2-23(18-9-5-7-14-6-3-4-8-16(14)18)20(25)13-29-21(26)15-10-11-17(22)19(12-15)24(27)28/h3-12H,2,13,22H2,1H3. The van der Waals surface area contributed by atoms with Crippen LogP contribution in [0.2, 0.25) is 0 Å². The Labute approximate surface area is 166 Å². The number of esters is 1. The highest BCUT2D eigenvalue weighted by Gasteiger charge is 2.20. The van der Waals surface area contributed by atoms with Crippen LogP contribution in [0, 0.1) is 10.1 Å². The summed E-state index contributed by atoms with van der Waals surface area (Å²) in [4.78, 5) is 36.8. The summed E-state index contributed by atoms with van der Waals surface area (Å²) in [6, 6.07) is 16.9. The maximum Gasteiger partial charge on any atom is 0.338 e. The van der Waals surface area contributed by atoms with Gasteiger partial charge in [-0.05, 0) is 30.5 Å². The summed E-state index contributed by atoms with van der Waals surface area (Å²) in [5, 5.41) is 12.9. The number of ether oxygens (including phenoxy) is 1. The van der Waals surface area contributed by atoms with E-state index in [1.54, 1.807) is 0 Å². The van der Waals surface area contributed by atoms with Gasteiger partial charge in [0.2, 0.25) is 0 Å². The molecule has 3 aromatic carbocycles. The van der Waals surface area contributed by atoms with Crippen molar-refractivity contribution in [1.29, 1.82) is 0 Å². The van der Waals surface area contributed by atoms with Crippen LogP contribution in [0.3, 0.4) is 0 Å². The van der Waals surface area contributed by atoms with Gasteiger partial charge in [0, 0.05) is 18.0 Å². The number of carbonyl (C=O) groups excluding carboxylic acids is 2. The van der Waals surface area contributed by atoms with E-state index in [0.29, 0.717) is 6.54 Å². The molecule has 29 heavy (non-hydrogen) atoms. The number of anilines is 2. The van der Waals surface area contributed by atoms with Gasteiger partial charge in [-0.15, -0.1) is 0 Å². The molecule has 0 aliphatic heterocycles. The molecule has 3 rings (SSSR count). The first-order valence-corrected chi connectivity index (χ1v) is 8.91. The fraction of sp³-hybridized carbons (Fsp3) is 0.143. The maximum absolute atomic E-state index is 12.7. The number of amides is 1. The number of hydrogen-bond donors (Lipinski definition) is 1. The summed E-state index contributed by atoms with van der Waals surface area (Å²) in [7, 11) is 0. The van der Waals surface area contributed by atoms with Crippen LogP contribution in [-0.2, 0) is 9.53 Å². The van der Waals surface area contributed by atoms with Gasteiger partial charge in [-0.1, -0.05) is 36.4 Å². The van der Waals surface area contributed by atoms with Gasteiger partial charge in [-0.3, -0.25) is 14.9 Å². The molecule has 8 heteroatoms. The van der Waals surface area contributed by atoms with Crippen LogP contribution in [0.5, 0.6) is 0 Å². The highest BCUT2D eigenvalue weighted by molar-refractivity contribution is 6.04. The number of fused-ring (bicyclic) bond motifs is 1. The summed E-state index contributed by atoms with van der Waals surface area (Å²) in [5.74, 6) is -1.24. The molecule has 148 valence electrons. The molecule has 0 aromatic heterocycles. The monoisotopic (exact) mass is 393 g/mol. The van der Waals surface area contributed by atoms with Crippen LogP contribution >= 0.6 is 0 Å². The van der Waals surface area contributed by atoms with E-state index < -0.39 is 29.1 Å². The topological polar surface area (TPSA) is 116 Å². The molecule has 0 aliphatic carbocycles. The van der Waals surface area contributed by atoms with E-state index in [4.69, 9.17) is 10.5 Å². The molecule has 3 aromatic rings. The van der Waals surface area contributed by atoms with E-state index in [2.05, 4.69) is 0 Å². The summed E-state index contributed by atoms with van der Waals surface area (Å²) < 4.78 is 5.09. The number of nitrogens with zero attached hydrogens (tertiary/aromatic N) is 2. The van der Waals surface area contributed by atoms with Gasteiger partial charge in [-0.2, -0.15) is 0 Å². The van der Waals surface area contributed by atoms with E-state index in [9.17, 15) is 19.7 Å². The van der Waals surface area contributed by atoms with Crippen molar-refractivity contribution in [2.45, 2.75) is 6.92 Å². The third kappa shape index (κ3) is 4.16. The van der Waals surface area contributed by atoms with Gasteiger partial charge < -0.3 is 15.4 Å². The van der Waals surface area contributed by atoms with Crippen molar-refractivity contribution < 1.29 is 19.2 Å². The van der Waals surface area contributed by atoms with Gasteiger partial charge in [0.05, 0.1) is 16.2 Å². The summed E-state index contributed by atoms with van der Waals surface area (Å²) in [6.45, 7) is 1.72. The lowest BCUT2D eigenvalue weighted by molar-refractivity contribution is -0.383. The average Bonchev–Trinajstić information content (AvgIpc) is 2.72. The van der Waals surface area contributed by atoms with Crippen molar-refractivity contribution >= 4 is 39.7 Å². The lowest BCUT2D eigenvalue weighted by Gasteiger charge is -2.22. The van der Waals surface area contributed by atoms with Crippen molar-refractivity contribution in [3.63, 3.8) is 0 Å². The molecule has 2 N–H and O–H groups in total. The van der Waals surface area contributed by atoms with Crippen molar-refractivity contribution in [2.75, 3.05) is 23.8 Å². The van der Waals surface area contributed by atoms with E-state index in [1.807, 2.05) is 49.4 Å². The minimum atomic E-state index is -0.838. The number of likely N-dealkylation sites (N-methyl/N-ethyl adjacent to an activating group) is 1. The Bertz CT molecular complexity index is 1090. The van der Waals surface area contributed by atoms with Crippen LogP contribution in [0.4, 0.5) is 17.1 Å². The number of nitrogens with two attached hydrogens (primary N) is 1. The second-order valence-corrected chi connectivity index (χ2v) is 6.24. The first-order chi connectivity index (χ1) is 13.9. The number of hydrogen-bond acceptors (Lipinski definition) is 6. The normalized spacial score (nSPS) is 10.5. The van der Waals surface area contributed by atoms with Gasteiger partial charge in [0.1, 0.15) is 5.69 Å². The molecule has 0 aliphatic rings. The first kappa shape index (κ1) is 19.8. The minimum absolute atomic E-state index is 0.0492. The molecule has 0 heterocycles. The van der Waals surface area contributed by atoms with Crippen LogP contribution in [0.1, 0.15) is 17.3 Å². The quantitative estimate of drug-likeness (QED) is 0.296. The number of carbonyl (C=O) groups is 2. The largest absolute Gasteiger partial charge is 0.452 e. The molecule has 0 unspecified atom stereocenters. The highest BCUT2D eigenvalue weighted by Crippen LogP contribution is 2.27. The number of nitrogen functional groups attached to an aromatic ring is 1. The van der Waals surface area contributed by atoms with E-state index in [0.717, 1.165) is 22.5 Å². The number of nitro groups is 1. The summed E-state index contributed by atoms with van der Waals surface area (Å²) in [5.41, 5.74) is 5.74. The third-order valence-corrected chi connectivity index (χ3v) is 4.46. The minimum Gasteiger partial charge on any atom is -0.452 e. The zero-order chi connectivity index (χ0) is 21.0. The Balaban J connectivity index is 1.76. The van der Waals surface area contributed by atoms with Crippen LogP contribution in [0.25, 0.3) is 10.8 Å². The lowest BCUT2D eigenvalue weighted by atomic mass is 10.1. The first-order valence-electron chi connectivity index (χ1n) is 8.91. The van der Waals surface area contributed by atoms with E-state index in [1.165, 1.54) is 17.0 Å². The predicted octanol–water partition coefficient (Wildman–Crippen LogP) is 3.54. The second-order valence-electron chi connectivity index (χ2n) is 6.24. The number of nitro benzene ring substituents is 1. The van der Waals surface area contributed by atoms with Gasteiger partial charge in [0.15, 0.2) is 6.61 Å². The molecule has 0 fully saturated rings. The van der Waals surface area contributed by atoms with Gasteiger partial charge in [-0.25, -0.2) is 4.79 Å². The smallest absolute Gasteiger partial charge is 0.338 e. The van der Waals surface area contributed by atoms with Crippen molar-refractivity contribution in [3.8, 4) is 0 Å². The number of benzene rings is 3. The van der Waals surface area contributed by atoms with Gasteiger partial charge in [0.25, 0.3) is 11.6 Å². The van der Waals surface area contributed by atoms with Gasteiger partial charge >= 0.3 is 5.97 Å². The molecule has 0 saturated heterocycles. The zero-order valence-corrected chi connectivity index (χ0v) is 15.7. The fourth-order valence-electron chi connectivity index (χ4n) is 3.04. The summed E-state index contributed by atoms with van der Waals surface area (Å²) >= 11 is 0. The highest BCUT2D eigenvalue weighted by atomic mass is 16.6. The summed E-state index contributed by atoms with van der Waals surface area (Å²) in [6.07, 6.45) is 0. The molecule has 0 saturated carbocycles. The number of rotatable bonds is 6. The van der Waals surface area contributed by atoms with Crippen molar-refractivity contribution in [3.05, 3.63) is 76.3 Å².